The van der Waals surface area contributed by atoms with Crippen LogP contribution in [0.4, 0.5) is 10.1 Å². The van der Waals surface area contributed by atoms with Gasteiger partial charge in [-0.1, -0.05) is 17.7 Å². The average Bonchev–Trinajstić information content (AvgIpc) is 2.82. The number of halogens is 2. The van der Waals surface area contributed by atoms with Crippen LogP contribution < -0.4 is 4.90 Å². The molecule has 0 radical (unpaired) electrons. The number of anilines is 1. The van der Waals surface area contributed by atoms with Crippen molar-refractivity contribution in [1.82, 2.24) is 4.90 Å². The zero-order chi connectivity index (χ0) is 15.0. The Kier molecular flexibility index (Phi) is 4.38. The van der Waals surface area contributed by atoms with Crippen molar-refractivity contribution in [2.75, 3.05) is 31.1 Å². The molecule has 1 aromatic rings. The fourth-order valence-corrected chi connectivity index (χ4v) is 3.52. The lowest BCUT2D eigenvalue weighted by Crippen LogP contribution is -2.44. The van der Waals surface area contributed by atoms with Crippen molar-refractivity contribution in [3.8, 4) is 0 Å². The van der Waals surface area contributed by atoms with Crippen LogP contribution >= 0.6 is 11.6 Å². The van der Waals surface area contributed by atoms with E-state index in [1.54, 1.807) is 0 Å². The molecule has 21 heavy (non-hydrogen) atoms. The monoisotopic (exact) mass is 312 g/mol. The van der Waals surface area contributed by atoms with Crippen molar-refractivity contribution in [2.24, 2.45) is 0 Å². The van der Waals surface area contributed by atoms with Crippen molar-refractivity contribution in [3.05, 3.63) is 28.8 Å². The molecular formula is C16H22ClFN2O. The zero-order valence-corrected chi connectivity index (χ0v) is 13.1. The van der Waals surface area contributed by atoms with Crippen LogP contribution in [0, 0.1) is 6.92 Å². The summed E-state index contributed by atoms with van der Waals surface area (Å²) < 4.78 is 13.4. The third kappa shape index (κ3) is 3.17. The number of aryl methyl sites for hydroxylation is 1. The van der Waals surface area contributed by atoms with Crippen molar-refractivity contribution in [1.29, 1.82) is 0 Å². The van der Waals surface area contributed by atoms with E-state index < -0.39 is 12.3 Å². The molecule has 2 aliphatic rings. The van der Waals surface area contributed by atoms with E-state index in [1.807, 2.05) is 19.1 Å². The second-order valence-electron chi connectivity index (χ2n) is 6.19. The maximum atomic E-state index is 13.4. The molecule has 2 saturated heterocycles. The Morgan fingerprint density at radius 3 is 2.52 bits per heavy atom. The summed E-state index contributed by atoms with van der Waals surface area (Å²) in [6.07, 6.45) is 0.119. The fraction of sp³-hybridized carbons (Fsp3) is 0.625. The first-order valence-corrected chi connectivity index (χ1v) is 7.99. The highest BCUT2D eigenvalue weighted by Crippen LogP contribution is 2.28. The molecule has 5 heteroatoms. The SMILES string of the molecule is Cc1ccc(N2CCC(N3C[C@@H](O)[C@H](F)C3)CC2)cc1Cl. The van der Waals surface area contributed by atoms with Crippen LogP contribution in [0.25, 0.3) is 0 Å². The molecule has 1 aromatic carbocycles. The number of benzene rings is 1. The molecule has 2 fully saturated rings. The zero-order valence-electron chi connectivity index (χ0n) is 12.3. The predicted octanol–water partition coefficient (Wildman–Crippen LogP) is 2.63. The van der Waals surface area contributed by atoms with E-state index >= 15 is 0 Å². The van der Waals surface area contributed by atoms with E-state index in [0.29, 0.717) is 19.1 Å². The van der Waals surface area contributed by atoms with Crippen LogP contribution in [-0.2, 0) is 0 Å². The fourth-order valence-electron chi connectivity index (χ4n) is 3.34. The second kappa shape index (κ2) is 6.11. The predicted molar refractivity (Wildman–Crippen MR) is 83.9 cm³/mol. The Hall–Kier alpha value is -0.840. The van der Waals surface area contributed by atoms with Crippen molar-refractivity contribution >= 4 is 17.3 Å². The summed E-state index contributed by atoms with van der Waals surface area (Å²) >= 11 is 6.19. The molecule has 2 heterocycles. The minimum absolute atomic E-state index is 0.377. The molecule has 2 atom stereocenters. The third-order valence-electron chi connectivity index (χ3n) is 4.75. The lowest BCUT2D eigenvalue weighted by atomic mass is 10.0. The first-order valence-electron chi connectivity index (χ1n) is 7.62. The second-order valence-corrected chi connectivity index (χ2v) is 6.60. The quantitative estimate of drug-likeness (QED) is 0.909. The molecular weight excluding hydrogens is 291 g/mol. The first kappa shape index (κ1) is 15.1. The summed E-state index contributed by atoms with van der Waals surface area (Å²) in [5.74, 6) is 0. The van der Waals surface area contributed by atoms with Gasteiger partial charge in [-0.15, -0.1) is 0 Å². The smallest absolute Gasteiger partial charge is 0.140 e. The third-order valence-corrected chi connectivity index (χ3v) is 5.16. The number of β-amino-alcohol motifs (C(OH)–C–C–N with tert-alkyl or cyclic N) is 1. The van der Waals surface area contributed by atoms with Gasteiger partial charge in [0.25, 0.3) is 0 Å². The number of aliphatic hydroxyl groups is 1. The topological polar surface area (TPSA) is 26.7 Å². The van der Waals surface area contributed by atoms with Crippen LogP contribution in [0.1, 0.15) is 18.4 Å². The van der Waals surface area contributed by atoms with Crippen molar-refractivity contribution in [3.63, 3.8) is 0 Å². The summed E-state index contributed by atoms with van der Waals surface area (Å²) in [7, 11) is 0. The van der Waals surface area contributed by atoms with E-state index in [-0.39, 0.29) is 0 Å². The van der Waals surface area contributed by atoms with E-state index in [4.69, 9.17) is 11.6 Å². The summed E-state index contributed by atoms with van der Waals surface area (Å²) in [5, 5.41) is 10.3. The Morgan fingerprint density at radius 2 is 1.95 bits per heavy atom. The number of hydrogen-bond acceptors (Lipinski definition) is 3. The highest BCUT2D eigenvalue weighted by molar-refractivity contribution is 6.31. The lowest BCUT2D eigenvalue weighted by Gasteiger charge is -2.37. The van der Waals surface area contributed by atoms with Gasteiger partial charge in [0.1, 0.15) is 6.17 Å². The normalized spacial score (nSPS) is 28.3. The molecule has 0 aromatic heterocycles. The van der Waals surface area contributed by atoms with Gasteiger partial charge in [-0.25, -0.2) is 4.39 Å². The van der Waals surface area contributed by atoms with Gasteiger partial charge < -0.3 is 10.0 Å². The van der Waals surface area contributed by atoms with Crippen LogP contribution in [0.3, 0.4) is 0 Å². The highest BCUT2D eigenvalue weighted by Gasteiger charge is 2.36. The lowest BCUT2D eigenvalue weighted by molar-refractivity contribution is 0.113. The molecule has 0 spiro atoms. The Balaban J connectivity index is 1.59. The molecule has 0 aliphatic carbocycles. The minimum Gasteiger partial charge on any atom is -0.389 e. The molecule has 1 N–H and O–H groups in total. The van der Waals surface area contributed by atoms with Gasteiger partial charge in [0.15, 0.2) is 0 Å². The summed E-state index contributed by atoms with van der Waals surface area (Å²) in [4.78, 5) is 4.44. The van der Waals surface area contributed by atoms with Crippen LogP contribution in [0.5, 0.6) is 0 Å². The molecule has 3 nitrogen and oxygen atoms in total. The molecule has 0 bridgehead atoms. The number of hydrogen-bond donors (Lipinski definition) is 1. The largest absolute Gasteiger partial charge is 0.389 e. The Morgan fingerprint density at radius 1 is 1.24 bits per heavy atom. The number of likely N-dealkylation sites (tertiary alicyclic amines) is 1. The molecule has 0 saturated carbocycles. The number of alkyl halides is 1. The number of nitrogens with zero attached hydrogens (tertiary/aromatic N) is 2. The van der Waals surface area contributed by atoms with Gasteiger partial charge in [-0.3, -0.25) is 4.90 Å². The molecule has 3 rings (SSSR count). The van der Waals surface area contributed by atoms with Gasteiger partial charge >= 0.3 is 0 Å². The number of rotatable bonds is 2. The maximum absolute atomic E-state index is 13.4. The number of aliphatic hydroxyl groups excluding tert-OH is 1. The van der Waals surface area contributed by atoms with Crippen molar-refractivity contribution < 1.29 is 9.50 Å². The first-order chi connectivity index (χ1) is 10.0. The van der Waals surface area contributed by atoms with E-state index in [1.165, 1.54) is 0 Å². The standard InChI is InChI=1S/C16H22ClFN2O/c1-11-2-3-13(8-14(11)17)19-6-4-12(5-7-19)20-9-15(18)16(21)10-20/h2-3,8,12,15-16,21H,4-7,9-10H2,1H3/t15-,16-/m1/s1. The molecule has 0 unspecified atom stereocenters. The van der Waals surface area contributed by atoms with Crippen LogP contribution in [0.15, 0.2) is 18.2 Å². The molecule has 2 aliphatic heterocycles. The van der Waals surface area contributed by atoms with Gasteiger partial charge in [0.2, 0.25) is 0 Å². The van der Waals surface area contributed by atoms with Crippen LogP contribution in [0.2, 0.25) is 5.02 Å². The maximum Gasteiger partial charge on any atom is 0.140 e. The Labute approximate surface area is 130 Å². The van der Waals surface area contributed by atoms with E-state index in [2.05, 4.69) is 15.9 Å². The van der Waals surface area contributed by atoms with Gasteiger partial charge in [0, 0.05) is 42.9 Å². The van der Waals surface area contributed by atoms with Gasteiger partial charge in [-0.05, 0) is 37.5 Å². The van der Waals surface area contributed by atoms with E-state index in [0.717, 1.165) is 42.2 Å². The van der Waals surface area contributed by atoms with Crippen molar-refractivity contribution in [2.45, 2.75) is 38.1 Å². The highest BCUT2D eigenvalue weighted by atomic mass is 35.5. The summed E-state index contributed by atoms with van der Waals surface area (Å²) in [6, 6.07) is 6.57. The molecule has 116 valence electrons. The average molecular weight is 313 g/mol. The summed E-state index contributed by atoms with van der Waals surface area (Å²) in [6.45, 7) is 4.76. The van der Waals surface area contributed by atoms with Gasteiger partial charge in [0.05, 0.1) is 6.10 Å². The molecule has 0 amide bonds. The van der Waals surface area contributed by atoms with Gasteiger partial charge in [-0.2, -0.15) is 0 Å². The number of piperidine rings is 1. The summed E-state index contributed by atoms with van der Waals surface area (Å²) in [5.41, 5.74) is 2.25. The Bertz CT molecular complexity index is 495. The van der Waals surface area contributed by atoms with E-state index in [9.17, 15) is 9.50 Å². The van der Waals surface area contributed by atoms with Crippen LogP contribution in [-0.4, -0.2) is 54.5 Å². The minimum atomic E-state index is -1.08.